The predicted octanol–water partition coefficient (Wildman–Crippen LogP) is 2.52. The third-order valence-electron chi connectivity index (χ3n) is 4.08. The second kappa shape index (κ2) is 7.78. The van der Waals surface area contributed by atoms with Crippen LogP contribution in [0.2, 0.25) is 0 Å². The molecule has 142 valence electrons. The summed E-state index contributed by atoms with van der Waals surface area (Å²) in [6.07, 6.45) is 9.59. The van der Waals surface area contributed by atoms with Crippen LogP contribution < -0.4 is 0 Å². The van der Waals surface area contributed by atoms with Crippen LogP contribution >= 0.6 is 0 Å². The molecule has 26 heavy (non-hydrogen) atoms. The molecule has 2 N–H and O–H groups in total. The fourth-order valence-corrected chi connectivity index (χ4v) is 3.59. The standard InChI is InChI=1S/C16H20N2O6S2/c1-3-11-5-7-13(25(19,20)21)9-15(11)17-18-16-10-14(26(22,23)24)8-6-12(16)4-2/h5-12H,3-4H2,1-2H3,(H,19,20,21)(H,22,23,24)/b17-15-,18-16+. The number of allylic oxidation sites excluding steroid dienone is 6. The fourth-order valence-electron chi connectivity index (χ4n) is 2.55. The average Bonchev–Trinajstić information content (AvgIpc) is 2.57. The smallest absolute Gasteiger partial charge is 0.282 e. The van der Waals surface area contributed by atoms with E-state index in [9.17, 15) is 25.9 Å². The molecule has 0 aromatic rings. The van der Waals surface area contributed by atoms with E-state index in [0.717, 1.165) is 0 Å². The van der Waals surface area contributed by atoms with Crippen LogP contribution in [0.1, 0.15) is 26.7 Å². The minimum absolute atomic E-state index is 0.186. The van der Waals surface area contributed by atoms with Gasteiger partial charge in [0, 0.05) is 11.8 Å². The molecule has 0 aliphatic heterocycles. The van der Waals surface area contributed by atoms with Gasteiger partial charge in [-0.3, -0.25) is 9.11 Å². The lowest BCUT2D eigenvalue weighted by atomic mass is 9.95. The summed E-state index contributed by atoms with van der Waals surface area (Å²) >= 11 is 0. The van der Waals surface area contributed by atoms with Gasteiger partial charge < -0.3 is 0 Å². The largest absolute Gasteiger partial charge is 0.294 e. The maximum atomic E-state index is 11.3. The lowest BCUT2D eigenvalue weighted by Gasteiger charge is -2.17. The van der Waals surface area contributed by atoms with Crippen LogP contribution in [-0.2, 0) is 20.2 Å². The van der Waals surface area contributed by atoms with E-state index < -0.39 is 20.2 Å². The van der Waals surface area contributed by atoms with Crippen LogP contribution in [0.5, 0.6) is 0 Å². The molecule has 2 aliphatic carbocycles. The van der Waals surface area contributed by atoms with Gasteiger partial charge in [0.2, 0.25) is 0 Å². The Hall–Kier alpha value is -1.88. The lowest BCUT2D eigenvalue weighted by Crippen LogP contribution is -2.18. The fraction of sp³-hybridized carbons (Fsp3) is 0.375. The van der Waals surface area contributed by atoms with Crippen molar-refractivity contribution < 1.29 is 25.9 Å². The van der Waals surface area contributed by atoms with Crippen molar-refractivity contribution in [3.63, 3.8) is 0 Å². The molecule has 0 fully saturated rings. The maximum absolute atomic E-state index is 11.3. The number of rotatable bonds is 5. The molecule has 0 radical (unpaired) electrons. The van der Waals surface area contributed by atoms with Crippen LogP contribution in [0.25, 0.3) is 0 Å². The van der Waals surface area contributed by atoms with Crippen LogP contribution in [0, 0.1) is 11.8 Å². The summed E-state index contributed by atoms with van der Waals surface area (Å²) in [5.74, 6) is -0.372. The second-order valence-electron chi connectivity index (χ2n) is 5.84. The monoisotopic (exact) mass is 400 g/mol. The number of nitrogens with zero attached hydrogens (tertiary/aromatic N) is 2. The Morgan fingerprint density at radius 2 is 1.15 bits per heavy atom. The summed E-state index contributed by atoms with van der Waals surface area (Å²) in [6.45, 7) is 3.77. The molecule has 0 saturated carbocycles. The highest BCUT2D eigenvalue weighted by Gasteiger charge is 2.22. The quantitative estimate of drug-likeness (QED) is 0.538. The van der Waals surface area contributed by atoms with Crippen molar-refractivity contribution in [3.05, 3.63) is 46.3 Å². The van der Waals surface area contributed by atoms with E-state index in [1.165, 1.54) is 24.3 Å². The van der Waals surface area contributed by atoms with Gasteiger partial charge in [0.15, 0.2) is 0 Å². The summed E-state index contributed by atoms with van der Waals surface area (Å²) in [5.41, 5.74) is 0.669. The van der Waals surface area contributed by atoms with E-state index in [0.29, 0.717) is 24.3 Å². The minimum Gasteiger partial charge on any atom is -0.282 e. The molecule has 0 aromatic carbocycles. The van der Waals surface area contributed by atoms with Gasteiger partial charge in [0.05, 0.1) is 21.2 Å². The van der Waals surface area contributed by atoms with E-state index in [4.69, 9.17) is 0 Å². The lowest BCUT2D eigenvalue weighted by molar-refractivity contribution is 0.489. The number of hydrogen-bond acceptors (Lipinski definition) is 6. The summed E-state index contributed by atoms with van der Waals surface area (Å²) in [5, 5.41) is 8.17. The molecule has 2 rings (SSSR count). The van der Waals surface area contributed by atoms with Crippen molar-refractivity contribution in [2.24, 2.45) is 22.0 Å². The zero-order chi connectivity index (χ0) is 19.5. The first-order valence-electron chi connectivity index (χ1n) is 7.96. The van der Waals surface area contributed by atoms with E-state index in [1.807, 2.05) is 13.8 Å². The van der Waals surface area contributed by atoms with Crippen molar-refractivity contribution >= 4 is 31.7 Å². The summed E-state index contributed by atoms with van der Waals surface area (Å²) in [6, 6.07) is 0. The molecule has 0 aromatic heterocycles. The van der Waals surface area contributed by atoms with Crippen LogP contribution in [-0.4, -0.2) is 37.4 Å². The van der Waals surface area contributed by atoms with Crippen LogP contribution in [0.15, 0.2) is 56.5 Å². The molecule has 0 bridgehead atoms. The highest BCUT2D eigenvalue weighted by Crippen LogP contribution is 2.23. The Labute approximate surface area is 152 Å². The highest BCUT2D eigenvalue weighted by molar-refractivity contribution is 7.90. The third-order valence-corrected chi connectivity index (χ3v) is 5.78. The molecule has 2 aliphatic rings. The van der Waals surface area contributed by atoms with Gasteiger partial charge in [-0.2, -0.15) is 27.0 Å². The van der Waals surface area contributed by atoms with Crippen molar-refractivity contribution in [1.29, 1.82) is 0 Å². The molecule has 0 saturated heterocycles. The van der Waals surface area contributed by atoms with E-state index in [2.05, 4.69) is 10.2 Å². The van der Waals surface area contributed by atoms with Crippen molar-refractivity contribution in [2.45, 2.75) is 26.7 Å². The Morgan fingerprint density at radius 3 is 1.42 bits per heavy atom. The first-order chi connectivity index (χ1) is 12.1. The first-order valence-corrected chi connectivity index (χ1v) is 10.8. The molecule has 2 unspecified atom stereocenters. The Morgan fingerprint density at radius 1 is 0.808 bits per heavy atom. The van der Waals surface area contributed by atoms with Crippen LogP contribution in [0.3, 0.4) is 0 Å². The Kier molecular flexibility index (Phi) is 6.12. The molecule has 8 nitrogen and oxygen atoms in total. The normalized spacial score (nSPS) is 26.9. The SMILES string of the molecule is CCC1C=CC(S(=O)(=O)O)=C/C1=N\N=C1\C=C(S(=O)(=O)O)C=CC1CC. The van der Waals surface area contributed by atoms with Crippen LogP contribution in [0.4, 0.5) is 0 Å². The molecular formula is C16H20N2O6S2. The van der Waals surface area contributed by atoms with Gasteiger partial charge in [0.25, 0.3) is 20.2 Å². The van der Waals surface area contributed by atoms with Gasteiger partial charge in [0.1, 0.15) is 0 Å². The van der Waals surface area contributed by atoms with Gasteiger partial charge in [-0.1, -0.05) is 26.0 Å². The molecule has 10 heteroatoms. The van der Waals surface area contributed by atoms with E-state index in [-0.39, 0.29) is 21.6 Å². The van der Waals surface area contributed by atoms with Crippen molar-refractivity contribution in [1.82, 2.24) is 0 Å². The highest BCUT2D eigenvalue weighted by atomic mass is 32.2. The van der Waals surface area contributed by atoms with Gasteiger partial charge in [-0.05, 0) is 37.1 Å². The average molecular weight is 400 g/mol. The maximum Gasteiger partial charge on any atom is 0.294 e. The molecule has 0 heterocycles. The second-order valence-corrected chi connectivity index (χ2v) is 8.68. The van der Waals surface area contributed by atoms with Gasteiger partial charge >= 0.3 is 0 Å². The van der Waals surface area contributed by atoms with Crippen molar-refractivity contribution in [2.75, 3.05) is 0 Å². The number of hydrogen-bond donors (Lipinski definition) is 2. The Balaban J connectivity index is 2.48. The summed E-state index contributed by atoms with van der Waals surface area (Å²) < 4.78 is 63.6. The van der Waals surface area contributed by atoms with Crippen molar-refractivity contribution in [3.8, 4) is 0 Å². The first kappa shape index (κ1) is 20.4. The third kappa shape index (κ3) is 4.85. The minimum atomic E-state index is -4.37. The van der Waals surface area contributed by atoms with E-state index >= 15 is 0 Å². The predicted molar refractivity (Wildman–Crippen MR) is 100.0 cm³/mol. The molecule has 0 spiro atoms. The van der Waals surface area contributed by atoms with E-state index in [1.54, 1.807) is 12.2 Å². The zero-order valence-corrected chi connectivity index (χ0v) is 15.9. The topological polar surface area (TPSA) is 133 Å². The van der Waals surface area contributed by atoms with Gasteiger partial charge in [-0.15, -0.1) is 0 Å². The zero-order valence-electron chi connectivity index (χ0n) is 14.3. The Bertz CT molecular complexity index is 886. The van der Waals surface area contributed by atoms with Gasteiger partial charge in [-0.25, -0.2) is 0 Å². The molecule has 2 atom stereocenters. The summed E-state index contributed by atoms with van der Waals surface area (Å²) in [4.78, 5) is -0.572. The molecular weight excluding hydrogens is 380 g/mol. The summed E-state index contributed by atoms with van der Waals surface area (Å²) in [7, 11) is -8.74. The molecule has 0 amide bonds.